The summed E-state index contributed by atoms with van der Waals surface area (Å²) in [7, 11) is 0. The first kappa shape index (κ1) is 20.8. The van der Waals surface area contributed by atoms with Gasteiger partial charge in [-0.1, -0.05) is 36.6 Å². The third-order valence-corrected chi connectivity index (χ3v) is 7.32. The van der Waals surface area contributed by atoms with E-state index in [4.69, 9.17) is 16.3 Å². The molecule has 1 spiro atoms. The van der Waals surface area contributed by atoms with E-state index >= 15 is 0 Å². The van der Waals surface area contributed by atoms with E-state index in [-0.39, 0.29) is 16.8 Å². The molecule has 1 saturated heterocycles. The van der Waals surface area contributed by atoms with E-state index in [1.54, 1.807) is 6.07 Å². The molecule has 0 bridgehead atoms. The van der Waals surface area contributed by atoms with Gasteiger partial charge in [0.2, 0.25) is 0 Å². The molecular weight excluding hydrogens is 387 g/mol. The number of nitrogens with one attached hydrogen (secondary N) is 1. The molecule has 0 radical (unpaired) electrons. The van der Waals surface area contributed by atoms with Crippen molar-refractivity contribution in [3.63, 3.8) is 0 Å². The van der Waals surface area contributed by atoms with Crippen molar-refractivity contribution in [1.29, 1.82) is 0 Å². The van der Waals surface area contributed by atoms with Gasteiger partial charge in [-0.2, -0.15) is 0 Å². The minimum absolute atomic E-state index is 0.0160. The predicted molar refractivity (Wildman–Crippen MR) is 115 cm³/mol. The lowest BCUT2D eigenvalue weighted by Gasteiger charge is -2.46. The fourth-order valence-electron chi connectivity index (χ4n) is 5.20. The van der Waals surface area contributed by atoms with Crippen molar-refractivity contribution in [1.82, 2.24) is 10.3 Å². The molecule has 0 amide bonds. The van der Waals surface area contributed by atoms with Crippen LogP contribution >= 0.6 is 11.6 Å². The molecule has 1 saturated carbocycles. The van der Waals surface area contributed by atoms with Crippen LogP contribution < -0.4 is 5.32 Å². The zero-order valence-corrected chi connectivity index (χ0v) is 17.9. The smallest absolute Gasteiger partial charge is 0.141 e. The molecule has 2 aromatic rings. The van der Waals surface area contributed by atoms with E-state index in [2.05, 4.69) is 23.3 Å². The maximum atomic E-state index is 13.5. The summed E-state index contributed by atoms with van der Waals surface area (Å²) >= 11 is 6.25. The van der Waals surface area contributed by atoms with E-state index in [1.165, 1.54) is 24.6 Å². The fraction of sp³-hybridized carbons (Fsp3) is 0.542. The molecule has 1 aliphatic heterocycles. The molecule has 1 unspecified atom stereocenters. The van der Waals surface area contributed by atoms with Crippen LogP contribution in [0.15, 0.2) is 36.5 Å². The van der Waals surface area contributed by atoms with Crippen molar-refractivity contribution in [3.8, 4) is 0 Å². The minimum Gasteiger partial charge on any atom is -0.375 e. The molecule has 1 atom stereocenters. The fourth-order valence-corrected chi connectivity index (χ4v) is 5.40. The maximum Gasteiger partial charge on any atom is 0.141 e. The van der Waals surface area contributed by atoms with Gasteiger partial charge in [0.25, 0.3) is 0 Å². The average Bonchev–Trinajstić information content (AvgIpc) is 3.16. The first-order valence-electron chi connectivity index (χ1n) is 10.7. The summed E-state index contributed by atoms with van der Waals surface area (Å²) in [5.41, 5.74) is 3.29. The van der Waals surface area contributed by atoms with Gasteiger partial charge >= 0.3 is 0 Å². The van der Waals surface area contributed by atoms with Gasteiger partial charge in [0.1, 0.15) is 5.82 Å². The molecule has 2 fully saturated rings. The lowest BCUT2D eigenvalue weighted by molar-refractivity contribution is -0.104. The summed E-state index contributed by atoms with van der Waals surface area (Å²) in [5.74, 6) is -0.277. The van der Waals surface area contributed by atoms with Gasteiger partial charge in [0, 0.05) is 29.3 Å². The van der Waals surface area contributed by atoms with Crippen LogP contribution in [0.5, 0.6) is 0 Å². The first-order chi connectivity index (χ1) is 14.0. The Balaban J connectivity index is 1.48. The number of pyridine rings is 1. The highest BCUT2D eigenvalue weighted by atomic mass is 35.5. The van der Waals surface area contributed by atoms with Gasteiger partial charge in [-0.05, 0) is 74.9 Å². The Morgan fingerprint density at radius 2 is 2.00 bits per heavy atom. The maximum absolute atomic E-state index is 13.5. The lowest BCUT2D eigenvalue weighted by Crippen LogP contribution is -2.47. The summed E-state index contributed by atoms with van der Waals surface area (Å²) in [4.78, 5) is 4.52. The monoisotopic (exact) mass is 416 g/mol. The van der Waals surface area contributed by atoms with Crippen LogP contribution in [0.4, 0.5) is 4.39 Å². The molecule has 2 heterocycles. The SMILES string of the molecule is Cc1c(Cl)cccc1CNCCC1(c2ccc(F)cn2)CCOC2(CCCC2)C1. The van der Waals surface area contributed by atoms with Crippen LogP contribution in [-0.2, 0) is 16.7 Å². The summed E-state index contributed by atoms with van der Waals surface area (Å²) in [6, 6.07) is 9.47. The molecule has 1 N–H and O–H groups in total. The summed E-state index contributed by atoms with van der Waals surface area (Å²) in [5, 5.41) is 4.41. The Morgan fingerprint density at radius 1 is 1.17 bits per heavy atom. The van der Waals surface area contributed by atoms with Crippen LogP contribution in [0.25, 0.3) is 0 Å². The summed E-state index contributed by atoms with van der Waals surface area (Å²) < 4.78 is 19.8. The lowest BCUT2D eigenvalue weighted by atomic mass is 9.68. The third-order valence-electron chi connectivity index (χ3n) is 6.91. The van der Waals surface area contributed by atoms with Gasteiger partial charge in [0.05, 0.1) is 11.8 Å². The molecule has 4 rings (SSSR count). The van der Waals surface area contributed by atoms with Crippen molar-refractivity contribution in [3.05, 3.63) is 64.2 Å². The van der Waals surface area contributed by atoms with Crippen molar-refractivity contribution in [2.45, 2.75) is 69.4 Å². The van der Waals surface area contributed by atoms with Gasteiger partial charge in [-0.25, -0.2) is 4.39 Å². The molecule has 3 nitrogen and oxygen atoms in total. The number of benzene rings is 1. The molecule has 1 aromatic carbocycles. The molecule has 1 aromatic heterocycles. The second kappa shape index (κ2) is 8.71. The number of nitrogens with zero attached hydrogens (tertiary/aromatic N) is 1. The predicted octanol–water partition coefficient (Wildman–Crippen LogP) is 5.72. The zero-order chi connectivity index (χ0) is 20.3. The average molecular weight is 417 g/mol. The number of rotatable bonds is 6. The molecule has 2 aliphatic rings. The Morgan fingerprint density at radius 3 is 2.76 bits per heavy atom. The van der Waals surface area contributed by atoms with E-state index in [0.717, 1.165) is 68.1 Å². The number of aromatic nitrogens is 1. The van der Waals surface area contributed by atoms with Crippen molar-refractivity contribution < 1.29 is 9.13 Å². The molecule has 1 aliphatic carbocycles. The zero-order valence-electron chi connectivity index (χ0n) is 17.1. The summed E-state index contributed by atoms with van der Waals surface area (Å²) in [6.07, 6.45) is 8.98. The number of hydrogen-bond acceptors (Lipinski definition) is 3. The third kappa shape index (κ3) is 4.50. The minimum atomic E-state index is -0.277. The highest BCUT2D eigenvalue weighted by molar-refractivity contribution is 6.31. The van der Waals surface area contributed by atoms with Gasteiger partial charge in [-0.3, -0.25) is 4.98 Å². The second-order valence-corrected chi connectivity index (χ2v) is 9.17. The molecular formula is C24H30ClFN2O. The van der Waals surface area contributed by atoms with Crippen LogP contribution in [0.3, 0.4) is 0 Å². The Kier molecular flexibility index (Phi) is 6.24. The second-order valence-electron chi connectivity index (χ2n) is 8.76. The van der Waals surface area contributed by atoms with Crippen LogP contribution in [0, 0.1) is 12.7 Å². The Bertz CT molecular complexity index is 835. The van der Waals surface area contributed by atoms with E-state index < -0.39 is 0 Å². The van der Waals surface area contributed by atoms with Gasteiger partial charge in [-0.15, -0.1) is 0 Å². The van der Waals surface area contributed by atoms with Crippen molar-refractivity contribution in [2.75, 3.05) is 13.2 Å². The highest BCUT2D eigenvalue weighted by Crippen LogP contribution is 2.49. The highest BCUT2D eigenvalue weighted by Gasteiger charge is 2.48. The van der Waals surface area contributed by atoms with Gasteiger partial charge in [0.15, 0.2) is 0 Å². The van der Waals surface area contributed by atoms with E-state index in [9.17, 15) is 4.39 Å². The Labute approximate surface area is 178 Å². The van der Waals surface area contributed by atoms with Crippen molar-refractivity contribution >= 4 is 11.6 Å². The van der Waals surface area contributed by atoms with E-state index in [1.807, 2.05) is 18.2 Å². The normalized spacial score (nSPS) is 23.6. The topological polar surface area (TPSA) is 34.2 Å². The van der Waals surface area contributed by atoms with Crippen LogP contribution in [0.1, 0.15) is 61.8 Å². The molecule has 5 heteroatoms. The van der Waals surface area contributed by atoms with Crippen molar-refractivity contribution in [2.24, 2.45) is 0 Å². The first-order valence-corrected chi connectivity index (χ1v) is 11.1. The largest absolute Gasteiger partial charge is 0.375 e. The molecule has 156 valence electrons. The standard InChI is InChI=1S/C24H30ClFN2O/c1-18-19(5-4-6-21(18)25)15-27-13-11-23(22-8-7-20(26)16-28-22)12-14-29-24(17-23)9-2-3-10-24/h4-8,16,27H,2-3,9-15,17H2,1H3. The number of hydrogen-bond donors (Lipinski definition) is 1. The number of halogens is 2. The Hall–Kier alpha value is -1.49. The van der Waals surface area contributed by atoms with Crippen LogP contribution in [-0.4, -0.2) is 23.7 Å². The van der Waals surface area contributed by atoms with E-state index in [0.29, 0.717) is 0 Å². The number of ether oxygens (including phenoxy) is 1. The van der Waals surface area contributed by atoms with Gasteiger partial charge < -0.3 is 10.1 Å². The summed E-state index contributed by atoms with van der Waals surface area (Å²) in [6.45, 7) is 4.49. The quantitative estimate of drug-likeness (QED) is 0.611. The molecule has 29 heavy (non-hydrogen) atoms. The van der Waals surface area contributed by atoms with Crippen LogP contribution in [0.2, 0.25) is 5.02 Å².